The van der Waals surface area contributed by atoms with Crippen LogP contribution in [0.15, 0.2) is 77.7 Å². The Bertz CT molecular complexity index is 1390. The number of hydrogen-bond donors (Lipinski definition) is 4. The van der Waals surface area contributed by atoms with E-state index in [9.17, 15) is 27.6 Å². The van der Waals surface area contributed by atoms with Gasteiger partial charge in [-0.3, -0.25) is 4.90 Å². The summed E-state index contributed by atoms with van der Waals surface area (Å²) in [4.78, 5) is 4.01. The zero-order valence-electron chi connectivity index (χ0n) is 21.6. The molecule has 2 aliphatic rings. The van der Waals surface area contributed by atoms with Crippen LogP contribution in [0.4, 0.5) is 24.5 Å². The SMILES string of the molecule is N=S(=O)(NC1CN(CCO)CC(N2c3ccccc3CCc3ccccc32)C1O)c1ccc(OC(F)(F)F)cc1. The zero-order chi connectivity index (χ0) is 28.5. The smallest absolute Gasteiger partial charge is 0.406 e. The highest BCUT2D eigenvalue weighted by Gasteiger charge is 2.42. The van der Waals surface area contributed by atoms with Gasteiger partial charge in [-0.2, -0.15) is 0 Å². The number of nitrogens with zero attached hydrogens (tertiary/aromatic N) is 2. The van der Waals surface area contributed by atoms with E-state index in [0.29, 0.717) is 13.1 Å². The molecule has 3 aromatic rings. The number of fused-ring (bicyclic) bond motifs is 2. The molecule has 5 rings (SSSR count). The first kappa shape index (κ1) is 28.4. The number of hydrogen-bond acceptors (Lipinski definition) is 7. The van der Waals surface area contributed by atoms with Gasteiger partial charge in [0, 0.05) is 31.0 Å². The molecule has 3 aromatic carbocycles. The fourth-order valence-electron chi connectivity index (χ4n) is 5.55. The number of anilines is 2. The van der Waals surface area contributed by atoms with E-state index in [1.165, 1.54) is 0 Å². The highest BCUT2D eigenvalue weighted by Crippen LogP contribution is 2.39. The third-order valence-electron chi connectivity index (χ3n) is 7.33. The molecule has 0 bridgehead atoms. The quantitative estimate of drug-likeness (QED) is 0.341. The van der Waals surface area contributed by atoms with E-state index < -0.39 is 40.2 Å². The Morgan fingerprint density at radius 2 is 1.52 bits per heavy atom. The highest BCUT2D eigenvalue weighted by atomic mass is 32.2. The van der Waals surface area contributed by atoms with Crippen LogP contribution in [0.5, 0.6) is 5.75 Å². The van der Waals surface area contributed by atoms with Crippen molar-refractivity contribution in [3.8, 4) is 5.75 Å². The minimum Gasteiger partial charge on any atom is -0.406 e. The van der Waals surface area contributed by atoms with Gasteiger partial charge in [-0.25, -0.2) is 13.7 Å². The zero-order valence-corrected chi connectivity index (χ0v) is 22.4. The van der Waals surface area contributed by atoms with E-state index >= 15 is 0 Å². The van der Waals surface area contributed by atoms with Crippen molar-refractivity contribution in [1.82, 2.24) is 9.62 Å². The fourth-order valence-corrected chi connectivity index (χ4v) is 6.85. The average Bonchev–Trinajstić information content (AvgIpc) is 3.07. The summed E-state index contributed by atoms with van der Waals surface area (Å²) < 4.78 is 66.3. The Kier molecular flexibility index (Phi) is 8.07. The third-order valence-corrected chi connectivity index (χ3v) is 8.90. The maximum Gasteiger partial charge on any atom is 0.573 e. The number of aliphatic hydroxyl groups excluding tert-OH is 2. The molecular formula is C28H31F3N4O4S. The van der Waals surface area contributed by atoms with Gasteiger partial charge in [0.15, 0.2) is 0 Å². The number of likely N-dealkylation sites (tertiary alicyclic amines) is 1. The summed E-state index contributed by atoms with van der Waals surface area (Å²) >= 11 is 0. The van der Waals surface area contributed by atoms with E-state index in [0.717, 1.165) is 59.6 Å². The Morgan fingerprint density at radius 3 is 2.08 bits per heavy atom. The molecule has 0 aliphatic carbocycles. The van der Waals surface area contributed by atoms with Crippen LogP contribution in [-0.4, -0.2) is 70.1 Å². The lowest BCUT2D eigenvalue weighted by atomic mass is 9.94. The predicted octanol–water partition coefficient (Wildman–Crippen LogP) is 3.84. The molecule has 0 saturated carbocycles. The lowest BCUT2D eigenvalue weighted by Gasteiger charge is -2.47. The van der Waals surface area contributed by atoms with Crippen LogP contribution in [0.25, 0.3) is 0 Å². The Morgan fingerprint density at radius 1 is 0.950 bits per heavy atom. The molecule has 1 fully saturated rings. The number of aliphatic hydroxyl groups is 2. The summed E-state index contributed by atoms with van der Waals surface area (Å²) in [5.74, 6) is -0.489. The number of β-amino-alcohol motifs (C(OH)–C–C–N with tert-alkyl or cyclic N) is 1. The summed E-state index contributed by atoms with van der Waals surface area (Å²) in [6.45, 7) is 0.798. The molecule has 4 atom stereocenters. The molecule has 0 amide bonds. The highest BCUT2D eigenvalue weighted by molar-refractivity contribution is 7.90. The molecule has 40 heavy (non-hydrogen) atoms. The van der Waals surface area contributed by atoms with E-state index in [1.54, 1.807) is 0 Å². The minimum absolute atomic E-state index is 0.0458. The van der Waals surface area contributed by atoms with Crippen LogP contribution in [0, 0.1) is 4.78 Å². The molecule has 0 spiro atoms. The second-order valence-corrected chi connectivity index (χ2v) is 11.8. The second kappa shape index (κ2) is 11.4. The van der Waals surface area contributed by atoms with Gasteiger partial charge in [-0.05, 0) is 60.4 Å². The van der Waals surface area contributed by atoms with Crippen molar-refractivity contribution in [2.75, 3.05) is 31.1 Å². The molecule has 1 saturated heterocycles. The normalized spacial score (nSPS) is 23.0. The Hall–Kier alpha value is -3.16. The van der Waals surface area contributed by atoms with Crippen molar-refractivity contribution in [2.24, 2.45) is 0 Å². The van der Waals surface area contributed by atoms with Gasteiger partial charge in [-0.15, -0.1) is 13.2 Å². The van der Waals surface area contributed by atoms with Crippen LogP contribution in [-0.2, 0) is 22.8 Å². The van der Waals surface area contributed by atoms with E-state index in [-0.39, 0.29) is 18.0 Å². The van der Waals surface area contributed by atoms with Crippen molar-refractivity contribution in [1.29, 1.82) is 4.78 Å². The van der Waals surface area contributed by atoms with Crippen LogP contribution in [0.1, 0.15) is 11.1 Å². The van der Waals surface area contributed by atoms with Gasteiger partial charge < -0.3 is 19.8 Å². The molecule has 0 aromatic heterocycles. The molecule has 4 unspecified atom stereocenters. The first-order valence-electron chi connectivity index (χ1n) is 12.9. The molecule has 12 heteroatoms. The number of ether oxygens (including phenoxy) is 1. The summed E-state index contributed by atoms with van der Waals surface area (Å²) in [6.07, 6.45) is -4.30. The number of benzene rings is 3. The van der Waals surface area contributed by atoms with E-state index in [4.69, 9.17) is 4.78 Å². The number of nitrogens with one attached hydrogen (secondary N) is 2. The fraction of sp³-hybridized carbons (Fsp3) is 0.357. The number of piperidine rings is 1. The Balaban J connectivity index is 1.47. The van der Waals surface area contributed by atoms with Crippen molar-refractivity contribution in [3.63, 3.8) is 0 Å². The van der Waals surface area contributed by atoms with Crippen molar-refractivity contribution >= 4 is 21.3 Å². The third kappa shape index (κ3) is 6.11. The lowest BCUT2D eigenvalue weighted by molar-refractivity contribution is -0.274. The molecular weight excluding hydrogens is 545 g/mol. The molecule has 2 heterocycles. The molecule has 4 N–H and O–H groups in total. The van der Waals surface area contributed by atoms with E-state index in [1.807, 2.05) is 41.3 Å². The first-order valence-corrected chi connectivity index (χ1v) is 14.5. The lowest BCUT2D eigenvalue weighted by Crippen LogP contribution is -2.65. The molecule has 214 valence electrons. The van der Waals surface area contributed by atoms with Crippen LogP contribution in [0.3, 0.4) is 0 Å². The topological polar surface area (TPSA) is 109 Å². The van der Waals surface area contributed by atoms with Gasteiger partial charge in [0.25, 0.3) is 0 Å². The number of para-hydroxylation sites is 2. The number of halogens is 3. The van der Waals surface area contributed by atoms with Gasteiger partial charge in [0.05, 0.1) is 29.7 Å². The maximum absolute atomic E-state index is 13.5. The largest absolute Gasteiger partial charge is 0.573 e. The predicted molar refractivity (Wildman–Crippen MR) is 145 cm³/mol. The summed E-state index contributed by atoms with van der Waals surface area (Å²) in [7, 11) is -3.73. The number of alkyl halides is 3. The van der Waals surface area contributed by atoms with Gasteiger partial charge in [-0.1, -0.05) is 36.4 Å². The van der Waals surface area contributed by atoms with Gasteiger partial charge in [0.1, 0.15) is 15.7 Å². The first-order chi connectivity index (χ1) is 19.1. The van der Waals surface area contributed by atoms with Gasteiger partial charge in [0.2, 0.25) is 0 Å². The summed E-state index contributed by atoms with van der Waals surface area (Å²) in [5, 5.41) is 21.5. The van der Waals surface area contributed by atoms with Crippen molar-refractivity contribution in [2.45, 2.75) is 42.3 Å². The Labute approximate surface area is 231 Å². The number of rotatable bonds is 7. The standard InChI is InChI=1S/C28H31F3N4O4S/c29-28(30,31)39-21-11-13-22(14-12-21)40(32,38)33-23-17-34(15-16-36)18-26(27(23)37)35-24-7-3-1-5-19(24)9-10-20-6-2-4-8-25(20)35/h1-8,11-14,23,26-27,36-37H,9-10,15-18H2,(H2,32,33,38). The van der Waals surface area contributed by atoms with Crippen molar-refractivity contribution < 1.29 is 32.3 Å². The van der Waals surface area contributed by atoms with Gasteiger partial charge >= 0.3 is 6.36 Å². The van der Waals surface area contributed by atoms with E-state index in [2.05, 4.69) is 26.5 Å². The van der Waals surface area contributed by atoms with Crippen LogP contribution in [0.2, 0.25) is 0 Å². The summed E-state index contributed by atoms with van der Waals surface area (Å²) in [5.41, 5.74) is 4.15. The van der Waals surface area contributed by atoms with Crippen LogP contribution < -0.4 is 14.4 Å². The summed E-state index contributed by atoms with van der Waals surface area (Å²) in [6, 6.07) is 18.9. The van der Waals surface area contributed by atoms with Crippen LogP contribution >= 0.6 is 0 Å². The van der Waals surface area contributed by atoms with Crippen molar-refractivity contribution in [3.05, 3.63) is 83.9 Å². The molecule has 0 radical (unpaired) electrons. The molecule has 2 aliphatic heterocycles. The monoisotopic (exact) mass is 576 g/mol. The molecule has 8 nitrogen and oxygen atoms in total. The minimum atomic E-state index is -4.87. The second-order valence-electron chi connectivity index (χ2n) is 9.97. The average molecular weight is 577 g/mol. The number of aryl methyl sites for hydroxylation is 2. The maximum atomic E-state index is 13.5.